The van der Waals surface area contributed by atoms with Gasteiger partial charge in [0, 0.05) is 30.1 Å². The Bertz CT molecular complexity index is 659. The highest BCUT2D eigenvalue weighted by Gasteiger charge is 2.17. The van der Waals surface area contributed by atoms with Gasteiger partial charge in [0.15, 0.2) is 0 Å². The van der Waals surface area contributed by atoms with Gasteiger partial charge in [-0.2, -0.15) is 0 Å². The monoisotopic (exact) mass is 319 g/mol. The fourth-order valence-corrected chi connectivity index (χ4v) is 3.21. The molecule has 0 saturated carbocycles. The van der Waals surface area contributed by atoms with Crippen molar-refractivity contribution < 1.29 is 14.3 Å². The van der Waals surface area contributed by atoms with Crippen LogP contribution in [0, 0.1) is 13.8 Å². The second-order valence-electron chi connectivity index (χ2n) is 5.19. The zero-order valence-corrected chi connectivity index (χ0v) is 14.4. The fraction of sp³-hybridized carbons (Fsp3) is 0.353. The summed E-state index contributed by atoms with van der Waals surface area (Å²) in [6.45, 7) is 4.54. The van der Waals surface area contributed by atoms with Crippen LogP contribution in [0.15, 0.2) is 24.3 Å². The number of methoxy groups -OCH3 is 2. The van der Waals surface area contributed by atoms with Crippen LogP contribution in [0.4, 0.5) is 0 Å². The van der Waals surface area contributed by atoms with E-state index < -0.39 is 0 Å². The van der Waals surface area contributed by atoms with Crippen LogP contribution in [-0.2, 0) is 6.54 Å². The first-order valence-corrected chi connectivity index (χ1v) is 7.81. The fourth-order valence-electron chi connectivity index (χ4n) is 2.18. The van der Waals surface area contributed by atoms with Gasteiger partial charge in [-0.05, 0) is 37.6 Å². The van der Waals surface area contributed by atoms with Crippen LogP contribution in [-0.4, -0.2) is 32.1 Å². The Kier molecular flexibility index (Phi) is 5.08. The normalized spacial score (nSPS) is 10.4. The molecule has 0 fully saturated rings. The molecule has 1 amide bonds. The van der Waals surface area contributed by atoms with Gasteiger partial charge in [-0.25, -0.2) is 0 Å². The summed E-state index contributed by atoms with van der Waals surface area (Å²) in [4.78, 5) is 16.2. The van der Waals surface area contributed by atoms with Gasteiger partial charge in [0.25, 0.3) is 5.91 Å². The molecule has 0 saturated heterocycles. The maximum atomic E-state index is 12.5. The van der Waals surface area contributed by atoms with E-state index in [-0.39, 0.29) is 5.91 Å². The number of hydrogen-bond acceptors (Lipinski definition) is 4. The molecule has 0 aliphatic heterocycles. The molecule has 0 atom stereocenters. The van der Waals surface area contributed by atoms with Crippen molar-refractivity contribution in [1.29, 1.82) is 0 Å². The lowest BCUT2D eigenvalue weighted by Gasteiger charge is -2.18. The molecule has 0 N–H and O–H groups in total. The Balaban J connectivity index is 2.17. The minimum atomic E-state index is 0.0269. The second-order valence-corrected chi connectivity index (χ2v) is 6.45. The highest BCUT2D eigenvalue weighted by atomic mass is 32.1. The molecule has 0 unspecified atom stereocenters. The van der Waals surface area contributed by atoms with E-state index >= 15 is 0 Å². The number of amides is 1. The van der Waals surface area contributed by atoms with Crippen molar-refractivity contribution in [3.63, 3.8) is 0 Å². The summed E-state index contributed by atoms with van der Waals surface area (Å²) in [5.41, 5.74) is 2.10. The van der Waals surface area contributed by atoms with Gasteiger partial charge < -0.3 is 14.4 Å². The molecule has 0 spiro atoms. The average Bonchev–Trinajstić information content (AvgIpc) is 2.86. The van der Waals surface area contributed by atoms with Crippen molar-refractivity contribution in [2.75, 3.05) is 21.3 Å². The van der Waals surface area contributed by atoms with Gasteiger partial charge in [-0.15, -0.1) is 11.3 Å². The molecular formula is C17H21NO3S. The number of nitrogens with zero attached hydrogens (tertiary/aromatic N) is 1. The average molecular weight is 319 g/mol. The Hall–Kier alpha value is -2.01. The summed E-state index contributed by atoms with van der Waals surface area (Å²) in [5.74, 6) is 1.48. The number of carbonyl (C=O) groups is 1. The van der Waals surface area contributed by atoms with Crippen molar-refractivity contribution in [2.24, 2.45) is 0 Å². The number of hydrogen-bond donors (Lipinski definition) is 0. The predicted molar refractivity (Wildman–Crippen MR) is 89.1 cm³/mol. The van der Waals surface area contributed by atoms with Crippen molar-refractivity contribution >= 4 is 17.2 Å². The molecule has 118 valence electrons. The first-order valence-electron chi connectivity index (χ1n) is 6.99. The molecular weight excluding hydrogens is 298 g/mol. The standard InChI is InChI=1S/C17H21NO3S/c1-11-8-16(22-12(11)2)17(19)18(3)10-13-6-7-14(20-4)9-15(13)21-5/h6-9H,10H2,1-5H3. The van der Waals surface area contributed by atoms with Gasteiger partial charge >= 0.3 is 0 Å². The predicted octanol–water partition coefficient (Wildman–Crippen LogP) is 3.65. The summed E-state index contributed by atoms with van der Waals surface area (Å²) >= 11 is 1.53. The summed E-state index contributed by atoms with van der Waals surface area (Å²) in [6.07, 6.45) is 0. The number of ether oxygens (including phenoxy) is 2. The molecule has 5 heteroatoms. The minimum absolute atomic E-state index is 0.0269. The third-order valence-corrected chi connectivity index (χ3v) is 4.77. The van der Waals surface area contributed by atoms with E-state index in [1.54, 1.807) is 26.2 Å². The number of carbonyl (C=O) groups excluding carboxylic acids is 1. The second kappa shape index (κ2) is 6.83. The first kappa shape index (κ1) is 16.4. The molecule has 1 aromatic heterocycles. The highest BCUT2D eigenvalue weighted by Crippen LogP contribution is 2.27. The van der Waals surface area contributed by atoms with Gasteiger partial charge in [0.1, 0.15) is 11.5 Å². The van der Waals surface area contributed by atoms with E-state index in [9.17, 15) is 4.79 Å². The lowest BCUT2D eigenvalue weighted by atomic mass is 10.1. The summed E-state index contributed by atoms with van der Waals surface area (Å²) < 4.78 is 10.6. The summed E-state index contributed by atoms with van der Waals surface area (Å²) in [5, 5.41) is 0. The van der Waals surface area contributed by atoms with E-state index in [1.165, 1.54) is 16.2 Å². The van der Waals surface area contributed by atoms with Crippen molar-refractivity contribution in [3.05, 3.63) is 45.1 Å². The Morgan fingerprint density at radius 1 is 1.18 bits per heavy atom. The quantitative estimate of drug-likeness (QED) is 0.844. The number of rotatable bonds is 5. The molecule has 22 heavy (non-hydrogen) atoms. The van der Waals surface area contributed by atoms with Crippen LogP contribution < -0.4 is 9.47 Å². The molecule has 0 radical (unpaired) electrons. The maximum absolute atomic E-state index is 12.5. The van der Waals surface area contributed by atoms with Crippen LogP contribution in [0.25, 0.3) is 0 Å². The minimum Gasteiger partial charge on any atom is -0.497 e. The molecule has 4 nitrogen and oxygen atoms in total. The molecule has 0 bridgehead atoms. The van der Waals surface area contributed by atoms with Crippen LogP contribution in [0.3, 0.4) is 0 Å². The van der Waals surface area contributed by atoms with Crippen molar-refractivity contribution in [3.8, 4) is 11.5 Å². The Morgan fingerprint density at radius 3 is 2.45 bits per heavy atom. The van der Waals surface area contributed by atoms with Gasteiger partial charge in [0.05, 0.1) is 19.1 Å². The largest absolute Gasteiger partial charge is 0.497 e. The molecule has 2 rings (SSSR count). The number of thiophene rings is 1. The van der Waals surface area contributed by atoms with E-state index in [1.807, 2.05) is 38.1 Å². The zero-order valence-electron chi connectivity index (χ0n) is 13.6. The molecule has 1 aromatic carbocycles. The Morgan fingerprint density at radius 2 is 1.91 bits per heavy atom. The number of benzene rings is 1. The lowest BCUT2D eigenvalue weighted by molar-refractivity contribution is 0.0789. The lowest BCUT2D eigenvalue weighted by Crippen LogP contribution is -2.25. The van der Waals surface area contributed by atoms with Crippen LogP contribution in [0.1, 0.15) is 25.7 Å². The van der Waals surface area contributed by atoms with Crippen LogP contribution in [0.2, 0.25) is 0 Å². The first-order chi connectivity index (χ1) is 10.5. The highest BCUT2D eigenvalue weighted by molar-refractivity contribution is 7.14. The molecule has 2 aromatic rings. The number of aryl methyl sites for hydroxylation is 2. The van der Waals surface area contributed by atoms with Crippen molar-refractivity contribution in [1.82, 2.24) is 4.90 Å². The molecule has 0 aliphatic carbocycles. The topological polar surface area (TPSA) is 38.8 Å². The third-order valence-electron chi connectivity index (χ3n) is 3.63. The summed E-state index contributed by atoms with van der Waals surface area (Å²) in [6, 6.07) is 7.57. The Labute approximate surface area is 135 Å². The zero-order chi connectivity index (χ0) is 16.3. The van der Waals surface area contributed by atoms with Gasteiger partial charge in [0.2, 0.25) is 0 Å². The van der Waals surface area contributed by atoms with Crippen LogP contribution >= 0.6 is 11.3 Å². The van der Waals surface area contributed by atoms with Crippen LogP contribution in [0.5, 0.6) is 11.5 Å². The van der Waals surface area contributed by atoms with E-state index in [0.29, 0.717) is 6.54 Å². The van der Waals surface area contributed by atoms with Gasteiger partial charge in [-0.3, -0.25) is 4.79 Å². The maximum Gasteiger partial charge on any atom is 0.263 e. The third kappa shape index (κ3) is 3.42. The smallest absolute Gasteiger partial charge is 0.263 e. The summed E-state index contributed by atoms with van der Waals surface area (Å²) in [7, 11) is 5.04. The van der Waals surface area contributed by atoms with Gasteiger partial charge in [-0.1, -0.05) is 0 Å². The SMILES string of the molecule is COc1ccc(CN(C)C(=O)c2cc(C)c(C)s2)c(OC)c1. The van der Waals surface area contributed by atoms with Crippen molar-refractivity contribution in [2.45, 2.75) is 20.4 Å². The molecule has 1 heterocycles. The molecule has 0 aliphatic rings. The van der Waals surface area contributed by atoms with E-state index in [2.05, 4.69) is 0 Å². The van der Waals surface area contributed by atoms with E-state index in [0.717, 1.165) is 27.5 Å². The van der Waals surface area contributed by atoms with E-state index in [4.69, 9.17) is 9.47 Å².